The standard InChI is InChI=1S/C16H14F3N/c17-13-9-15(19)14(18)8-12(13)16-11(6-7-20-16)10-4-2-1-3-5-10/h1-5,8-9,11,16,20H,6-7H2. The zero-order valence-electron chi connectivity index (χ0n) is 10.7. The highest BCUT2D eigenvalue weighted by Crippen LogP contribution is 2.38. The fraction of sp³-hybridized carbons (Fsp3) is 0.250. The van der Waals surface area contributed by atoms with E-state index in [1.807, 2.05) is 30.3 Å². The number of nitrogens with one attached hydrogen (secondary N) is 1. The van der Waals surface area contributed by atoms with Gasteiger partial charge in [0.05, 0.1) is 0 Å². The largest absolute Gasteiger partial charge is 0.309 e. The van der Waals surface area contributed by atoms with Gasteiger partial charge in [0.25, 0.3) is 0 Å². The molecule has 1 aliphatic rings. The van der Waals surface area contributed by atoms with E-state index in [2.05, 4.69) is 5.32 Å². The number of hydrogen-bond acceptors (Lipinski definition) is 1. The highest BCUT2D eigenvalue weighted by Gasteiger charge is 2.31. The van der Waals surface area contributed by atoms with Gasteiger partial charge >= 0.3 is 0 Å². The van der Waals surface area contributed by atoms with Crippen molar-refractivity contribution in [1.82, 2.24) is 5.32 Å². The molecule has 1 N–H and O–H groups in total. The first kappa shape index (κ1) is 13.2. The monoisotopic (exact) mass is 277 g/mol. The Balaban J connectivity index is 1.99. The van der Waals surface area contributed by atoms with Crippen molar-refractivity contribution in [2.45, 2.75) is 18.4 Å². The Morgan fingerprint density at radius 2 is 1.60 bits per heavy atom. The van der Waals surface area contributed by atoms with Crippen molar-refractivity contribution >= 4 is 0 Å². The van der Waals surface area contributed by atoms with Gasteiger partial charge in [0.1, 0.15) is 5.82 Å². The van der Waals surface area contributed by atoms with Crippen LogP contribution in [0.2, 0.25) is 0 Å². The SMILES string of the molecule is Fc1cc(F)c(C2NCCC2c2ccccc2)cc1F. The highest BCUT2D eigenvalue weighted by atomic mass is 19.2. The summed E-state index contributed by atoms with van der Waals surface area (Å²) in [6.45, 7) is 0.725. The van der Waals surface area contributed by atoms with E-state index in [4.69, 9.17) is 0 Å². The lowest BCUT2D eigenvalue weighted by Crippen LogP contribution is -2.19. The predicted molar refractivity (Wildman–Crippen MR) is 70.9 cm³/mol. The highest BCUT2D eigenvalue weighted by molar-refractivity contribution is 5.31. The third-order valence-corrected chi connectivity index (χ3v) is 3.82. The van der Waals surface area contributed by atoms with Crippen LogP contribution in [0.4, 0.5) is 13.2 Å². The van der Waals surface area contributed by atoms with Crippen molar-refractivity contribution in [3.8, 4) is 0 Å². The molecular formula is C16H14F3N. The maximum absolute atomic E-state index is 13.9. The smallest absolute Gasteiger partial charge is 0.161 e. The zero-order valence-corrected chi connectivity index (χ0v) is 10.7. The van der Waals surface area contributed by atoms with Crippen LogP contribution in [0.3, 0.4) is 0 Å². The molecule has 2 aromatic carbocycles. The molecule has 1 nitrogen and oxygen atoms in total. The molecule has 1 aliphatic heterocycles. The van der Waals surface area contributed by atoms with Crippen molar-refractivity contribution in [3.63, 3.8) is 0 Å². The van der Waals surface area contributed by atoms with E-state index in [9.17, 15) is 13.2 Å². The molecule has 0 aliphatic carbocycles. The van der Waals surface area contributed by atoms with Gasteiger partial charge in [0.2, 0.25) is 0 Å². The van der Waals surface area contributed by atoms with Crippen LogP contribution in [0.1, 0.15) is 29.5 Å². The Kier molecular flexibility index (Phi) is 3.49. The molecule has 0 saturated carbocycles. The van der Waals surface area contributed by atoms with Gasteiger partial charge < -0.3 is 5.32 Å². The summed E-state index contributed by atoms with van der Waals surface area (Å²) in [4.78, 5) is 0. The van der Waals surface area contributed by atoms with Gasteiger partial charge in [-0.1, -0.05) is 30.3 Å². The summed E-state index contributed by atoms with van der Waals surface area (Å²) in [6, 6.07) is 11.0. The fourth-order valence-corrected chi connectivity index (χ4v) is 2.87. The van der Waals surface area contributed by atoms with Crippen molar-refractivity contribution in [2.75, 3.05) is 6.54 Å². The van der Waals surface area contributed by atoms with Crippen LogP contribution in [-0.4, -0.2) is 6.54 Å². The van der Waals surface area contributed by atoms with Gasteiger partial charge in [-0.2, -0.15) is 0 Å². The molecule has 0 spiro atoms. The summed E-state index contributed by atoms with van der Waals surface area (Å²) >= 11 is 0. The van der Waals surface area contributed by atoms with Gasteiger partial charge in [-0.25, -0.2) is 13.2 Å². The summed E-state index contributed by atoms with van der Waals surface area (Å²) in [6.07, 6.45) is 0.840. The Labute approximate surface area is 115 Å². The topological polar surface area (TPSA) is 12.0 Å². The van der Waals surface area contributed by atoms with Crippen molar-refractivity contribution in [2.24, 2.45) is 0 Å². The Bertz CT molecular complexity index is 613. The molecule has 1 heterocycles. The first-order chi connectivity index (χ1) is 9.66. The van der Waals surface area contributed by atoms with Crippen LogP contribution in [0.5, 0.6) is 0 Å². The molecule has 0 radical (unpaired) electrons. The van der Waals surface area contributed by atoms with Crippen LogP contribution in [0.25, 0.3) is 0 Å². The summed E-state index contributed by atoms with van der Waals surface area (Å²) in [5, 5.41) is 3.18. The summed E-state index contributed by atoms with van der Waals surface area (Å²) in [7, 11) is 0. The van der Waals surface area contributed by atoms with Crippen LogP contribution in [0, 0.1) is 17.5 Å². The minimum atomic E-state index is -1.15. The van der Waals surface area contributed by atoms with E-state index >= 15 is 0 Å². The maximum Gasteiger partial charge on any atom is 0.161 e. The van der Waals surface area contributed by atoms with E-state index in [1.165, 1.54) is 0 Å². The van der Waals surface area contributed by atoms with Crippen LogP contribution in [0.15, 0.2) is 42.5 Å². The van der Waals surface area contributed by atoms with E-state index in [1.54, 1.807) is 0 Å². The average molecular weight is 277 g/mol. The molecule has 2 aromatic rings. The minimum absolute atomic E-state index is 0.0653. The van der Waals surface area contributed by atoms with E-state index < -0.39 is 17.5 Å². The molecular weight excluding hydrogens is 263 g/mol. The number of halogens is 3. The van der Waals surface area contributed by atoms with Gasteiger partial charge in [0.15, 0.2) is 11.6 Å². The van der Waals surface area contributed by atoms with E-state index in [-0.39, 0.29) is 17.5 Å². The third-order valence-electron chi connectivity index (χ3n) is 3.82. The molecule has 1 saturated heterocycles. The quantitative estimate of drug-likeness (QED) is 0.820. The minimum Gasteiger partial charge on any atom is -0.309 e. The molecule has 1 fully saturated rings. The van der Waals surface area contributed by atoms with Crippen LogP contribution in [-0.2, 0) is 0 Å². The van der Waals surface area contributed by atoms with Crippen molar-refractivity contribution < 1.29 is 13.2 Å². The second kappa shape index (κ2) is 5.29. The molecule has 2 atom stereocenters. The Morgan fingerprint density at radius 1 is 0.900 bits per heavy atom. The maximum atomic E-state index is 13.9. The lowest BCUT2D eigenvalue weighted by atomic mass is 9.87. The summed E-state index contributed by atoms with van der Waals surface area (Å²) in [5.41, 5.74) is 1.27. The Morgan fingerprint density at radius 3 is 2.35 bits per heavy atom. The Hall–Kier alpha value is -1.81. The normalized spacial score (nSPS) is 22.1. The molecule has 0 bridgehead atoms. The molecule has 2 unspecified atom stereocenters. The first-order valence-corrected chi connectivity index (χ1v) is 6.59. The van der Waals surface area contributed by atoms with Crippen LogP contribution < -0.4 is 5.32 Å². The van der Waals surface area contributed by atoms with Crippen molar-refractivity contribution in [1.29, 1.82) is 0 Å². The fourth-order valence-electron chi connectivity index (χ4n) is 2.87. The van der Waals surface area contributed by atoms with E-state index in [0.29, 0.717) is 6.07 Å². The lowest BCUT2D eigenvalue weighted by Gasteiger charge is -2.21. The second-order valence-corrected chi connectivity index (χ2v) is 5.03. The third kappa shape index (κ3) is 2.31. The number of rotatable bonds is 2. The second-order valence-electron chi connectivity index (χ2n) is 5.03. The van der Waals surface area contributed by atoms with E-state index in [0.717, 1.165) is 24.6 Å². The van der Waals surface area contributed by atoms with Crippen molar-refractivity contribution in [3.05, 3.63) is 71.0 Å². The van der Waals surface area contributed by atoms with Gasteiger partial charge in [0, 0.05) is 23.6 Å². The first-order valence-electron chi connectivity index (χ1n) is 6.59. The van der Waals surface area contributed by atoms with Gasteiger partial charge in [-0.3, -0.25) is 0 Å². The number of benzene rings is 2. The summed E-state index contributed by atoms with van der Waals surface area (Å²) < 4.78 is 40.3. The number of hydrogen-bond donors (Lipinski definition) is 1. The predicted octanol–water partition coefficient (Wildman–Crippen LogP) is 3.92. The molecule has 4 heteroatoms. The summed E-state index contributed by atoms with van der Waals surface area (Å²) in [5.74, 6) is -2.80. The lowest BCUT2D eigenvalue weighted by molar-refractivity contribution is 0.472. The molecule has 0 amide bonds. The van der Waals surface area contributed by atoms with Gasteiger partial charge in [-0.05, 0) is 24.6 Å². The van der Waals surface area contributed by atoms with Crippen LogP contribution >= 0.6 is 0 Å². The molecule has 0 aromatic heterocycles. The molecule has 3 rings (SSSR count). The average Bonchev–Trinajstić information content (AvgIpc) is 2.93. The van der Waals surface area contributed by atoms with Gasteiger partial charge in [-0.15, -0.1) is 0 Å². The molecule has 20 heavy (non-hydrogen) atoms. The molecule has 104 valence electrons. The zero-order chi connectivity index (χ0) is 14.1.